The van der Waals surface area contributed by atoms with Crippen LogP contribution in [0.4, 0.5) is 11.4 Å². The number of hydrogen-bond acceptors (Lipinski definition) is 7. The average Bonchev–Trinajstić information content (AvgIpc) is 3.07. The second-order valence-corrected chi connectivity index (χ2v) is 5.00. The predicted octanol–water partition coefficient (Wildman–Crippen LogP) is 2.59. The molecule has 0 radical (unpaired) electrons. The van der Waals surface area contributed by atoms with Gasteiger partial charge in [0.1, 0.15) is 5.56 Å². The molecule has 0 aromatic heterocycles. The minimum Gasteiger partial charge on any atom is -0.493 e. The molecule has 25 heavy (non-hydrogen) atoms. The minimum absolute atomic E-state index is 0.0484. The Morgan fingerprint density at radius 2 is 1.80 bits per heavy atom. The smallest absolute Gasteiger partial charge is 0.286 e. The first-order valence-electron chi connectivity index (χ1n) is 7.15. The third kappa shape index (κ3) is 3.11. The molecule has 0 bridgehead atoms. The van der Waals surface area contributed by atoms with Gasteiger partial charge < -0.3 is 24.3 Å². The quantitative estimate of drug-likeness (QED) is 0.654. The first kappa shape index (κ1) is 16.4. The molecule has 0 saturated carbocycles. The Morgan fingerprint density at radius 3 is 2.44 bits per heavy atom. The molecule has 0 spiro atoms. The standard InChI is InChI=1S/C16H14N2O7/c1-22-12-4-3-9(5-13(12)23-2)17-16(19)10-6-14-15(25-8-24-14)7-11(10)18(20)21/h3-7H,8H2,1-2H3,(H,17,19). The van der Waals surface area contributed by atoms with Crippen LogP contribution in [0.15, 0.2) is 30.3 Å². The van der Waals surface area contributed by atoms with Crippen molar-refractivity contribution in [3.8, 4) is 23.0 Å². The van der Waals surface area contributed by atoms with Gasteiger partial charge in [-0.1, -0.05) is 0 Å². The Labute approximate surface area is 142 Å². The topological polar surface area (TPSA) is 109 Å². The highest BCUT2D eigenvalue weighted by Gasteiger charge is 2.27. The van der Waals surface area contributed by atoms with Crippen LogP contribution in [-0.4, -0.2) is 31.8 Å². The number of carbonyl (C=O) groups excluding carboxylic acids is 1. The summed E-state index contributed by atoms with van der Waals surface area (Å²) in [7, 11) is 2.96. The average molecular weight is 346 g/mol. The lowest BCUT2D eigenvalue weighted by atomic mass is 10.1. The Hall–Kier alpha value is -3.49. The number of amides is 1. The fourth-order valence-electron chi connectivity index (χ4n) is 2.38. The number of fused-ring (bicyclic) bond motifs is 1. The molecule has 0 unspecified atom stereocenters. The van der Waals surface area contributed by atoms with Gasteiger partial charge in [-0.3, -0.25) is 14.9 Å². The van der Waals surface area contributed by atoms with Gasteiger partial charge in [-0.25, -0.2) is 0 Å². The van der Waals surface area contributed by atoms with E-state index in [0.717, 1.165) is 0 Å². The molecule has 1 amide bonds. The number of nitro groups is 1. The van der Waals surface area contributed by atoms with Gasteiger partial charge in [0.25, 0.3) is 11.6 Å². The maximum atomic E-state index is 12.5. The summed E-state index contributed by atoms with van der Waals surface area (Å²) in [5.74, 6) is 0.768. The molecule has 1 aliphatic rings. The Morgan fingerprint density at radius 1 is 1.12 bits per heavy atom. The fraction of sp³-hybridized carbons (Fsp3) is 0.188. The highest BCUT2D eigenvalue weighted by Crippen LogP contribution is 2.38. The number of hydrogen-bond donors (Lipinski definition) is 1. The van der Waals surface area contributed by atoms with E-state index in [0.29, 0.717) is 17.2 Å². The number of nitro benzene ring substituents is 1. The maximum absolute atomic E-state index is 12.5. The summed E-state index contributed by atoms with van der Waals surface area (Å²) in [6.07, 6.45) is 0. The number of ether oxygens (including phenoxy) is 4. The van der Waals surface area contributed by atoms with E-state index in [4.69, 9.17) is 18.9 Å². The van der Waals surface area contributed by atoms with Gasteiger partial charge in [0.05, 0.1) is 25.2 Å². The second-order valence-electron chi connectivity index (χ2n) is 5.00. The zero-order valence-corrected chi connectivity index (χ0v) is 13.4. The number of benzene rings is 2. The molecule has 1 aliphatic heterocycles. The monoisotopic (exact) mass is 346 g/mol. The van der Waals surface area contributed by atoms with Gasteiger partial charge in [-0.05, 0) is 12.1 Å². The van der Waals surface area contributed by atoms with Crippen LogP contribution in [0.3, 0.4) is 0 Å². The van der Waals surface area contributed by atoms with Crippen molar-refractivity contribution in [1.29, 1.82) is 0 Å². The second kappa shape index (κ2) is 6.56. The molecule has 0 atom stereocenters. The molecule has 0 fully saturated rings. The number of anilines is 1. The van der Waals surface area contributed by atoms with Crippen LogP contribution in [0.2, 0.25) is 0 Å². The van der Waals surface area contributed by atoms with Crippen LogP contribution in [-0.2, 0) is 0 Å². The Bertz CT molecular complexity index is 851. The summed E-state index contributed by atoms with van der Waals surface area (Å²) in [6, 6.07) is 7.22. The van der Waals surface area contributed by atoms with Crippen molar-refractivity contribution in [3.63, 3.8) is 0 Å². The van der Waals surface area contributed by atoms with Crippen LogP contribution < -0.4 is 24.3 Å². The first-order chi connectivity index (χ1) is 12.0. The zero-order valence-electron chi connectivity index (χ0n) is 13.4. The summed E-state index contributed by atoms with van der Waals surface area (Å²) < 4.78 is 20.6. The van der Waals surface area contributed by atoms with Crippen LogP contribution in [0, 0.1) is 10.1 Å². The Kier molecular flexibility index (Phi) is 4.29. The maximum Gasteiger partial charge on any atom is 0.286 e. The van der Waals surface area contributed by atoms with Crippen molar-refractivity contribution in [3.05, 3.63) is 46.0 Å². The Balaban J connectivity index is 1.92. The number of nitrogens with zero attached hydrogens (tertiary/aromatic N) is 1. The molecule has 1 heterocycles. The van der Waals surface area contributed by atoms with E-state index in [1.807, 2.05) is 0 Å². The summed E-state index contributed by atoms with van der Waals surface area (Å²) >= 11 is 0. The van der Waals surface area contributed by atoms with Gasteiger partial charge in [-0.15, -0.1) is 0 Å². The van der Waals surface area contributed by atoms with Crippen molar-refractivity contribution < 1.29 is 28.7 Å². The highest BCUT2D eigenvalue weighted by atomic mass is 16.7. The molecule has 9 heteroatoms. The van der Waals surface area contributed by atoms with Crippen molar-refractivity contribution in [2.45, 2.75) is 0 Å². The largest absolute Gasteiger partial charge is 0.493 e. The molecule has 9 nitrogen and oxygen atoms in total. The lowest BCUT2D eigenvalue weighted by Crippen LogP contribution is -2.14. The number of carbonyl (C=O) groups is 1. The molecule has 2 aromatic carbocycles. The molecular weight excluding hydrogens is 332 g/mol. The molecule has 0 saturated heterocycles. The van der Waals surface area contributed by atoms with Crippen LogP contribution >= 0.6 is 0 Å². The molecule has 1 N–H and O–H groups in total. The molecule has 130 valence electrons. The van der Waals surface area contributed by atoms with E-state index in [9.17, 15) is 14.9 Å². The van der Waals surface area contributed by atoms with Gasteiger partial charge >= 0.3 is 0 Å². The predicted molar refractivity (Wildman–Crippen MR) is 86.7 cm³/mol. The molecule has 0 aliphatic carbocycles. The summed E-state index contributed by atoms with van der Waals surface area (Å²) in [4.78, 5) is 23.1. The van der Waals surface area contributed by atoms with E-state index < -0.39 is 10.8 Å². The summed E-state index contributed by atoms with van der Waals surface area (Å²) in [5.41, 5.74) is -0.110. The third-order valence-corrected chi connectivity index (χ3v) is 3.57. The van der Waals surface area contributed by atoms with E-state index in [1.54, 1.807) is 18.2 Å². The lowest BCUT2D eigenvalue weighted by Gasteiger charge is -2.11. The van der Waals surface area contributed by atoms with Crippen LogP contribution in [0.5, 0.6) is 23.0 Å². The van der Waals surface area contributed by atoms with Gasteiger partial charge in [0.2, 0.25) is 6.79 Å². The molecule has 2 aromatic rings. The van der Waals surface area contributed by atoms with Crippen LogP contribution in [0.25, 0.3) is 0 Å². The van der Waals surface area contributed by atoms with Crippen molar-refractivity contribution >= 4 is 17.3 Å². The number of nitrogens with one attached hydrogen (secondary N) is 1. The first-order valence-corrected chi connectivity index (χ1v) is 7.15. The number of rotatable bonds is 5. The van der Waals surface area contributed by atoms with E-state index in [1.165, 1.54) is 26.4 Å². The molecule has 3 rings (SSSR count). The summed E-state index contributed by atoms with van der Waals surface area (Å²) in [6.45, 7) is -0.0484. The summed E-state index contributed by atoms with van der Waals surface area (Å²) in [5, 5.41) is 13.9. The third-order valence-electron chi connectivity index (χ3n) is 3.57. The van der Waals surface area contributed by atoms with Crippen LogP contribution in [0.1, 0.15) is 10.4 Å². The lowest BCUT2D eigenvalue weighted by molar-refractivity contribution is -0.385. The van der Waals surface area contributed by atoms with E-state index in [2.05, 4.69) is 5.32 Å². The van der Waals surface area contributed by atoms with E-state index in [-0.39, 0.29) is 29.5 Å². The molecular formula is C16H14N2O7. The zero-order chi connectivity index (χ0) is 18.0. The SMILES string of the molecule is COc1ccc(NC(=O)c2cc3c(cc2[N+](=O)[O-])OCO3)cc1OC. The number of methoxy groups -OCH3 is 2. The van der Waals surface area contributed by atoms with Gasteiger partial charge in [0, 0.05) is 17.8 Å². The highest BCUT2D eigenvalue weighted by molar-refractivity contribution is 6.07. The van der Waals surface area contributed by atoms with Gasteiger partial charge in [-0.2, -0.15) is 0 Å². The van der Waals surface area contributed by atoms with Crippen molar-refractivity contribution in [1.82, 2.24) is 0 Å². The minimum atomic E-state index is -0.655. The van der Waals surface area contributed by atoms with Crippen molar-refractivity contribution in [2.24, 2.45) is 0 Å². The normalized spacial score (nSPS) is 11.8. The van der Waals surface area contributed by atoms with Gasteiger partial charge in [0.15, 0.2) is 23.0 Å². The van der Waals surface area contributed by atoms with E-state index >= 15 is 0 Å². The fourth-order valence-corrected chi connectivity index (χ4v) is 2.38. The van der Waals surface area contributed by atoms with Crippen molar-refractivity contribution in [2.75, 3.05) is 26.3 Å².